The number of esters is 1. The number of hydrogen-bond acceptors (Lipinski definition) is 7. The lowest BCUT2D eigenvalue weighted by molar-refractivity contribution is 0.0468. The Bertz CT molecular complexity index is 930. The summed E-state index contributed by atoms with van der Waals surface area (Å²) in [5.41, 5.74) is 2.17. The second-order valence-electron chi connectivity index (χ2n) is 5.59. The first-order chi connectivity index (χ1) is 12.5. The third kappa shape index (κ3) is 3.73. The molecule has 7 heteroatoms. The molecule has 0 N–H and O–H groups in total. The van der Waals surface area contributed by atoms with E-state index < -0.39 is 0 Å². The number of aromatic nitrogens is 1. The summed E-state index contributed by atoms with van der Waals surface area (Å²) < 4.78 is 16.2. The highest BCUT2D eigenvalue weighted by atomic mass is 32.1. The van der Waals surface area contributed by atoms with Crippen LogP contribution in [0.3, 0.4) is 0 Å². The fourth-order valence-corrected chi connectivity index (χ4v) is 4.34. The molecule has 26 heavy (non-hydrogen) atoms. The second kappa shape index (κ2) is 7.88. The molecule has 1 aromatic carbocycles. The molecule has 3 rings (SSSR count). The Morgan fingerprint density at radius 2 is 2.00 bits per heavy atom. The van der Waals surface area contributed by atoms with Crippen LogP contribution in [0.25, 0.3) is 10.6 Å². The number of hydrogen-bond donors (Lipinski definition) is 0. The first-order valence-electron chi connectivity index (χ1n) is 7.93. The molecule has 0 unspecified atom stereocenters. The minimum Gasteiger partial charge on any atom is -0.493 e. The molecule has 0 aliphatic heterocycles. The minimum atomic E-state index is -0.319. The monoisotopic (exact) mass is 389 g/mol. The largest absolute Gasteiger partial charge is 0.493 e. The van der Waals surface area contributed by atoms with Crippen molar-refractivity contribution in [3.8, 4) is 22.1 Å². The summed E-state index contributed by atoms with van der Waals surface area (Å²) in [6.45, 7) is 4.03. The lowest BCUT2D eigenvalue weighted by Crippen LogP contribution is -2.05. The van der Waals surface area contributed by atoms with Crippen molar-refractivity contribution in [1.29, 1.82) is 0 Å². The van der Waals surface area contributed by atoms with Gasteiger partial charge in [0, 0.05) is 15.1 Å². The van der Waals surface area contributed by atoms with Crippen molar-refractivity contribution in [3.63, 3.8) is 0 Å². The van der Waals surface area contributed by atoms with Gasteiger partial charge in [0.05, 0.1) is 31.0 Å². The lowest BCUT2D eigenvalue weighted by atomic mass is 10.2. The number of benzene rings is 1. The van der Waals surface area contributed by atoms with E-state index >= 15 is 0 Å². The van der Waals surface area contributed by atoms with E-state index in [-0.39, 0.29) is 12.6 Å². The van der Waals surface area contributed by atoms with Gasteiger partial charge in [-0.25, -0.2) is 9.78 Å². The first-order valence-corrected chi connectivity index (χ1v) is 9.63. The zero-order valence-electron chi connectivity index (χ0n) is 15.0. The van der Waals surface area contributed by atoms with Gasteiger partial charge in [-0.15, -0.1) is 22.7 Å². The van der Waals surface area contributed by atoms with Crippen LogP contribution in [0.5, 0.6) is 11.5 Å². The molecule has 2 heterocycles. The molecule has 3 aromatic rings. The normalized spacial score (nSPS) is 10.6. The van der Waals surface area contributed by atoms with Gasteiger partial charge in [-0.3, -0.25) is 0 Å². The number of thiophene rings is 1. The van der Waals surface area contributed by atoms with Crippen LogP contribution in [0.2, 0.25) is 0 Å². The number of methoxy groups -OCH3 is 2. The minimum absolute atomic E-state index is 0.135. The number of thiazole rings is 1. The summed E-state index contributed by atoms with van der Waals surface area (Å²) in [5.74, 6) is 0.967. The summed E-state index contributed by atoms with van der Waals surface area (Å²) in [4.78, 5) is 18.9. The third-order valence-electron chi connectivity index (χ3n) is 3.80. The van der Waals surface area contributed by atoms with Gasteiger partial charge in [-0.2, -0.15) is 0 Å². The summed E-state index contributed by atoms with van der Waals surface area (Å²) in [6, 6.07) is 7.51. The number of rotatable bonds is 6. The Hall–Kier alpha value is -2.38. The molecule has 0 fully saturated rings. The van der Waals surface area contributed by atoms with Crippen molar-refractivity contribution >= 4 is 28.6 Å². The van der Waals surface area contributed by atoms with Crippen molar-refractivity contribution in [2.24, 2.45) is 0 Å². The van der Waals surface area contributed by atoms with E-state index in [0.29, 0.717) is 22.8 Å². The Morgan fingerprint density at radius 3 is 2.65 bits per heavy atom. The predicted molar refractivity (Wildman–Crippen MR) is 104 cm³/mol. The molecule has 0 atom stereocenters. The van der Waals surface area contributed by atoms with E-state index in [0.717, 1.165) is 20.3 Å². The molecule has 0 amide bonds. The predicted octanol–water partition coefficient (Wildman–Crippen LogP) is 4.86. The van der Waals surface area contributed by atoms with Crippen molar-refractivity contribution in [1.82, 2.24) is 4.98 Å². The third-order valence-corrected chi connectivity index (χ3v) is 5.69. The summed E-state index contributed by atoms with van der Waals surface area (Å²) in [6.07, 6.45) is 0. The first kappa shape index (κ1) is 18.4. The van der Waals surface area contributed by atoms with Crippen LogP contribution in [-0.4, -0.2) is 25.2 Å². The van der Waals surface area contributed by atoms with Gasteiger partial charge < -0.3 is 14.2 Å². The van der Waals surface area contributed by atoms with Gasteiger partial charge in [0.25, 0.3) is 0 Å². The highest BCUT2D eigenvalue weighted by molar-refractivity contribution is 7.13. The molecule has 2 aromatic heterocycles. The molecular formula is C19H19NO4S2. The molecule has 136 valence electrons. The summed E-state index contributed by atoms with van der Waals surface area (Å²) >= 11 is 3.06. The van der Waals surface area contributed by atoms with Crippen LogP contribution in [0, 0.1) is 13.8 Å². The van der Waals surface area contributed by atoms with Crippen LogP contribution in [0.15, 0.2) is 29.6 Å². The second-order valence-corrected chi connectivity index (χ2v) is 7.91. The maximum Gasteiger partial charge on any atom is 0.339 e. The van der Waals surface area contributed by atoms with Gasteiger partial charge >= 0.3 is 5.97 Å². The van der Waals surface area contributed by atoms with Crippen LogP contribution in [-0.2, 0) is 11.3 Å². The molecule has 0 bridgehead atoms. The maximum atomic E-state index is 12.2. The topological polar surface area (TPSA) is 57.7 Å². The van der Waals surface area contributed by atoms with E-state index in [2.05, 4.69) is 4.98 Å². The zero-order valence-corrected chi connectivity index (χ0v) is 16.6. The van der Waals surface area contributed by atoms with E-state index in [4.69, 9.17) is 14.2 Å². The Morgan fingerprint density at radius 1 is 1.19 bits per heavy atom. The lowest BCUT2D eigenvalue weighted by Gasteiger charge is -2.10. The van der Waals surface area contributed by atoms with Crippen LogP contribution >= 0.6 is 22.7 Å². The number of ether oxygens (including phenoxy) is 3. The van der Waals surface area contributed by atoms with Gasteiger partial charge in [-0.1, -0.05) is 6.07 Å². The summed E-state index contributed by atoms with van der Waals surface area (Å²) in [5, 5.41) is 2.67. The Kier molecular flexibility index (Phi) is 5.58. The smallest absolute Gasteiger partial charge is 0.339 e. The van der Waals surface area contributed by atoms with E-state index in [1.165, 1.54) is 11.3 Å². The average Bonchev–Trinajstić information content (AvgIpc) is 3.24. The fourth-order valence-electron chi connectivity index (χ4n) is 2.60. The van der Waals surface area contributed by atoms with E-state index in [9.17, 15) is 4.79 Å². The van der Waals surface area contributed by atoms with Crippen LogP contribution < -0.4 is 9.47 Å². The highest BCUT2D eigenvalue weighted by Gasteiger charge is 2.17. The van der Waals surface area contributed by atoms with Crippen LogP contribution in [0.4, 0.5) is 0 Å². The highest BCUT2D eigenvalue weighted by Crippen LogP contribution is 2.39. The van der Waals surface area contributed by atoms with Crippen molar-refractivity contribution < 1.29 is 19.0 Å². The Balaban J connectivity index is 1.75. The van der Waals surface area contributed by atoms with E-state index in [1.54, 1.807) is 25.6 Å². The van der Waals surface area contributed by atoms with Gasteiger partial charge in [0.1, 0.15) is 11.6 Å². The van der Waals surface area contributed by atoms with Crippen molar-refractivity contribution in [2.45, 2.75) is 20.5 Å². The average molecular weight is 389 g/mol. The number of carbonyl (C=O) groups is 1. The number of carbonyl (C=O) groups excluding carboxylic acids is 1. The quantitative estimate of drug-likeness (QED) is 0.563. The molecular weight excluding hydrogens is 370 g/mol. The molecule has 0 radical (unpaired) electrons. The standard InChI is InChI=1S/C19H19NO4S2/c1-11-8-15(12(2)26-11)19(21)24-9-13-10-25-18(20-13)14-6-5-7-16(22-3)17(14)23-4/h5-8,10H,9H2,1-4H3. The maximum absolute atomic E-state index is 12.2. The molecule has 5 nitrogen and oxygen atoms in total. The molecule has 0 spiro atoms. The SMILES string of the molecule is COc1cccc(-c2nc(COC(=O)c3cc(C)sc3C)cs2)c1OC. The van der Waals surface area contributed by atoms with Gasteiger partial charge in [0.15, 0.2) is 11.5 Å². The molecule has 0 saturated carbocycles. The van der Waals surface area contributed by atoms with Crippen LogP contribution in [0.1, 0.15) is 25.8 Å². The molecule has 0 aliphatic carbocycles. The number of para-hydroxylation sites is 1. The zero-order chi connectivity index (χ0) is 18.7. The Labute approximate surface area is 160 Å². The summed E-state index contributed by atoms with van der Waals surface area (Å²) in [7, 11) is 3.20. The molecule has 0 aliphatic rings. The number of aryl methyl sites for hydroxylation is 2. The van der Waals surface area contributed by atoms with E-state index in [1.807, 2.05) is 43.5 Å². The van der Waals surface area contributed by atoms with Gasteiger partial charge in [-0.05, 0) is 32.0 Å². The van der Waals surface area contributed by atoms with Crippen molar-refractivity contribution in [2.75, 3.05) is 14.2 Å². The number of nitrogens with zero attached hydrogens (tertiary/aromatic N) is 1. The van der Waals surface area contributed by atoms with Crippen molar-refractivity contribution in [3.05, 3.63) is 50.7 Å². The fraction of sp³-hybridized carbons (Fsp3) is 0.263. The van der Waals surface area contributed by atoms with Gasteiger partial charge in [0.2, 0.25) is 0 Å². The molecule has 0 saturated heterocycles.